The first-order chi connectivity index (χ1) is 12.4. The monoisotopic (exact) mass is 384 g/mol. The van der Waals surface area contributed by atoms with E-state index in [0.717, 1.165) is 0 Å². The van der Waals surface area contributed by atoms with Crippen molar-refractivity contribution in [1.82, 2.24) is 9.97 Å². The summed E-state index contributed by atoms with van der Waals surface area (Å²) in [7, 11) is 0. The van der Waals surface area contributed by atoms with Crippen molar-refractivity contribution in [3.8, 4) is 0 Å². The van der Waals surface area contributed by atoms with Gasteiger partial charge in [-0.3, -0.25) is 14.4 Å². The third-order valence-electron chi connectivity index (χ3n) is 4.10. The second-order valence-electron chi connectivity index (χ2n) is 5.82. The quantitative estimate of drug-likeness (QED) is 0.514. The number of hydrogen-bond donors (Lipinski definition) is 2. The van der Waals surface area contributed by atoms with Crippen molar-refractivity contribution < 1.29 is 4.79 Å². The molecule has 2 heterocycles. The lowest BCUT2D eigenvalue weighted by Crippen LogP contribution is -2.24. The van der Waals surface area contributed by atoms with Crippen LogP contribution in [-0.4, -0.2) is 15.8 Å². The van der Waals surface area contributed by atoms with Gasteiger partial charge in [0.15, 0.2) is 0 Å². The molecule has 0 bridgehead atoms. The second-order valence-corrected chi connectivity index (χ2v) is 6.69. The molecule has 5 nitrogen and oxygen atoms in total. The predicted octanol–water partition coefficient (Wildman–Crippen LogP) is 3.91. The molecule has 128 valence electrons. The maximum absolute atomic E-state index is 12.8. The van der Waals surface area contributed by atoms with Crippen LogP contribution >= 0.6 is 23.2 Å². The van der Waals surface area contributed by atoms with Crippen LogP contribution in [0.25, 0.3) is 21.8 Å². The van der Waals surface area contributed by atoms with Crippen molar-refractivity contribution in [2.75, 3.05) is 0 Å². The van der Waals surface area contributed by atoms with Crippen molar-refractivity contribution in [1.29, 1.82) is 0 Å². The molecule has 2 aromatic heterocycles. The number of benzene rings is 2. The molecule has 2 N–H and O–H groups in total. The summed E-state index contributed by atoms with van der Waals surface area (Å²) in [4.78, 5) is 42.7. The van der Waals surface area contributed by atoms with Crippen molar-refractivity contribution in [3.05, 3.63) is 90.4 Å². The minimum Gasteiger partial charge on any atom is -0.321 e. The highest BCUT2D eigenvalue weighted by Gasteiger charge is 2.18. The van der Waals surface area contributed by atoms with Crippen molar-refractivity contribution >= 4 is 50.8 Å². The van der Waals surface area contributed by atoms with Crippen LogP contribution in [0.2, 0.25) is 10.0 Å². The number of carbonyl (C=O) groups is 1. The average molecular weight is 385 g/mol. The van der Waals surface area contributed by atoms with E-state index in [4.69, 9.17) is 23.2 Å². The number of hydrogen-bond acceptors (Lipinski definition) is 3. The van der Waals surface area contributed by atoms with E-state index < -0.39 is 16.9 Å². The Morgan fingerprint density at radius 2 is 1.12 bits per heavy atom. The number of H-pyrrole nitrogens is 2. The van der Waals surface area contributed by atoms with Gasteiger partial charge in [0.2, 0.25) is 5.78 Å². The van der Waals surface area contributed by atoms with Crippen LogP contribution in [0.3, 0.4) is 0 Å². The highest BCUT2D eigenvalue weighted by Crippen LogP contribution is 2.20. The van der Waals surface area contributed by atoms with Crippen LogP contribution in [0, 0.1) is 0 Å². The van der Waals surface area contributed by atoms with Gasteiger partial charge < -0.3 is 9.97 Å². The summed E-state index contributed by atoms with van der Waals surface area (Å²) in [6, 6.07) is 12.7. The molecule has 0 saturated carbocycles. The Bertz CT molecular complexity index is 1220. The maximum Gasteiger partial charge on any atom is 0.259 e. The Kier molecular flexibility index (Phi) is 3.90. The zero-order valence-electron chi connectivity index (χ0n) is 13.1. The number of rotatable bonds is 2. The van der Waals surface area contributed by atoms with Gasteiger partial charge in [-0.15, -0.1) is 0 Å². The zero-order chi connectivity index (χ0) is 18.4. The van der Waals surface area contributed by atoms with Gasteiger partial charge in [0.25, 0.3) is 11.1 Å². The van der Waals surface area contributed by atoms with Crippen molar-refractivity contribution in [2.45, 2.75) is 0 Å². The molecule has 0 aliphatic rings. The summed E-state index contributed by atoms with van der Waals surface area (Å²) < 4.78 is 0. The summed E-state index contributed by atoms with van der Waals surface area (Å²) in [5, 5.41) is 2.14. The van der Waals surface area contributed by atoms with Gasteiger partial charge in [0.1, 0.15) is 0 Å². The van der Waals surface area contributed by atoms with E-state index in [2.05, 4.69) is 9.97 Å². The van der Waals surface area contributed by atoms with Crippen LogP contribution < -0.4 is 11.1 Å². The number of halogens is 2. The van der Waals surface area contributed by atoms with E-state index in [-0.39, 0.29) is 11.1 Å². The molecule has 0 spiro atoms. The normalized spacial score (nSPS) is 11.2. The Morgan fingerprint density at radius 3 is 1.54 bits per heavy atom. The summed E-state index contributed by atoms with van der Waals surface area (Å²) in [6.07, 6.45) is 0. The molecule has 4 rings (SSSR count). The number of ketones is 1. The molecule has 0 amide bonds. The SMILES string of the molecule is O=C(c1cc2cc(Cl)ccc2[nH]c1=O)c1cc2cc(Cl)ccc2[nH]c1=O. The molecule has 0 aliphatic carbocycles. The van der Waals surface area contributed by atoms with Crippen LogP contribution in [0.4, 0.5) is 0 Å². The zero-order valence-corrected chi connectivity index (χ0v) is 14.6. The smallest absolute Gasteiger partial charge is 0.259 e. The standard InChI is InChI=1S/C19H10Cl2N2O3/c20-11-1-3-15-9(5-11)7-13(18(25)22-15)17(24)14-8-10-6-12(21)2-4-16(10)23-19(14)26/h1-8H,(H,22,25)(H,23,26). The molecule has 0 aliphatic heterocycles. The summed E-state index contributed by atoms with van der Waals surface area (Å²) in [5.41, 5.74) is -0.311. The van der Waals surface area contributed by atoms with E-state index in [1.807, 2.05) is 0 Å². The number of carbonyl (C=O) groups excluding carboxylic acids is 1. The molecular weight excluding hydrogens is 375 g/mol. The van der Waals surface area contributed by atoms with E-state index in [0.29, 0.717) is 31.9 Å². The van der Waals surface area contributed by atoms with Gasteiger partial charge in [-0.2, -0.15) is 0 Å². The molecule has 2 aromatic carbocycles. The largest absolute Gasteiger partial charge is 0.321 e. The molecule has 7 heteroatoms. The molecule has 26 heavy (non-hydrogen) atoms. The van der Waals surface area contributed by atoms with Gasteiger partial charge in [-0.25, -0.2) is 0 Å². The fraction of sp³-hybridized carbons (Fsp3) is 0. The van der Waals surface area contributed by atoms with Gasteiger partial charge in [-0.1, -0.05) is 23.2 Å². The lowest BCUT2D eigenvalue weighted by molar-refractivity contribution is 0.103. The van der Waals surface area contributed by atoms with Crippen LogP contribution in [-0.2, 0) is 0 Å². The molecule has 0 saturated heterocycles. The van der Waals surface area contributed by atoms with E-state index in [1.165, 1.54) is 12.1 Å². The minimum atomic E-state index is -0.670. The van der Waals surface area contributed by atoms with Gasteiger partial charge >= 0.3 is 0 Å². The lowest BCUT2D eigenvalue weighted by Gasteiger charge is -2.05. The van der Waals surface area contributed by atoms with E-state index in [9.17, 15) is 14.4 Å². The summed E-state index contributed by atoms with van der Waals surface area (Å²) in [5.74, 6) is -0.670. The van der Waals surface area contributed by atoms with Gasteiger partial charge in [0, 0.05) is 31.9 Å². The second kappa shape index (κ2) is 6.12. The Balaban J connectivity index is 1.92. The number of fused-ring (bicyclic) bond motifs is 2. The first kappa shape index (κ1) is 16.6. The average Bonchev–Trinajstić information content (AvgIpc) is 2.60. The number of aromatic amines is 2. The third-order valence-corrected chi connectivity index (χ3v) is 4.57. The van der Waals surface area contributed by atoms with Crippen LogP contribution in [0.1, 0.15) is 15.9 Å². The Labute approximate surface area is 156 Å². The maximum atomic E-state index is 12.8. The first-order valence-electron chi connectivity index (χ1n) is 7.62. The van der Waals surface area contributed by atoms with Gasteiger partial charge in [0.05, 0.1) is 11.1 Å². The molecule has 4 aromatic rings. The van der Waals surface area contributed by atoms with Crippen molar-refractivity contribution in [3.63, 3.8) is 0 Å². The molecule has 0 unspecified atom stereocenters. The van der Waals surface area contributed by atoms with Crippen molar-refractivity contribution in [2.24, 2.45) is 0 Å². The van der Waals surface area contributed by atoms with Crippen LogP contribution in [0.15, 0.2) is 58.1 Å². The molecule has 0 atom stereocenters. The highest BCUT2D eigenvalue weighted by atomic mass is 35.5. The lowest BCUT2D eigenvalue weighted by atomic mass is 10.0. The number of aromatic nitrogens is 2. The Morgan fingerprint density at radius 1 is 0.692 bits per heavy atom. The topological polar surface area (TPSA) is 82.8 Å². The summed E-state index contributed by atoms with van der Waals surface area (Å²) in [6.45, 7) is 0. The summed E-state index contributed by atoms with van der Waals surface area (Å²) >= 11 is 11.9. The number of nitrogens with one attached hydrogen (secondary N) is 2. The predicted molar refractivity (Wildman–Crippen MR) is 103 cm³/mol. The van der Waals surface area contributed by atoms with E-state index >= 15 is 0 Å². The van der Waals surface area contributed by atoms with Crippen LogP contribution in [0.5, 0.6) is 0 Å². The molecular formula is C19H10Cl2N2O3. The molecule has 0 fully saturated rings. The van der Waals surface area contributed by atoms with E-state index in [1.54, 1.807) is 36.4 Å². The molecule has 0 radical (unpaired) electrons. The minimum absolute atomic E-state index is 0.133. The fourth-order valence-corrected chi connectivity index (χ4v) is 3.20. The first-order valence-corrected chi connectivity index (χ1v) is 8.38. The highest BCUT2D eigenvalue weighted by molar-refractivity contribution is 6.31. The van der Waals surface area contributed by atoms with Gasteiger partial charge in [-0.05, 0) is 48.5 Å². The fourth-order valence-electron chi connectivity index (χ4n) is 2.84. The Hall–Kier alpha value is -2.89. The third kappa shape index (κ3) is 2.81. The number of pyridine rings is 2.